The number of rotatable bonds is 4. The molecule has 4 nitrogen and oxygen atoms in total. The Morgan fingerprint density at radius 2 is 2.06 bits per heavy atom. The first-order valence-electron chi connectivity index (χ1n) is 5.35. The second-order valence-electron chi connectivity index (χ2n) is 3.92. The molecule has 0 fully saturated rings. The first-order valence-corrected chi connectivity index (χ1v) is 5.35. The molecule has 17 heavy (non-hydrogen) atoms. The Morgan fingerprint density at radius 1 is 1.35 bits per heavy atom. The third-order valence-electron chi connectivity index (χ3n) is 2.46. The third kappa shape index (κ3) is 2.89. The largest absolute Gasteiger partial charge is 0.395 e. The van der Waals surface area contributed by atoms with Crippen molar-refractivity contribution in [1.29, 1.82) is 0 Å². The standard InChI is InChI=1S/C12H14FN3O/c13-10-1-3-12(4-2-10)16-7-9(6-15-16)5-11(14)8-17/h1-4,6-7,11,17H,5,8,14H2. The van der Waals surface area contributed by atoms with Crippen molar-refractivity contribution < 1.29 is 9.50 Å². The Morgan fingerprint density at radius 3 is 2.71 bits per heavy atom. The maximum absolute atomic E-state index is 12.8. The Kier molecular flexibility index (Phi) is 3.51. The summed E-state index contributed by atoms with van der Waals surface area (Å²) in [6.45, 7) is -0.0538. The van der Waals surface area contributed by atoms with Crippen LogP contribution in [0.15, 0.2) is 36.7 Å². The number of halogens is 1. The highest BCUT2D eigenvalue weighted by Gasteiger charge is 2.05. The van der Waals surface area contributed by atoms with Gasteiger partial charge in [-0.15, -0.1) is 0 Å². The van der Waals surface area contributed by atoms with E-state index in [2.05, 4.69) is 5.10 Å². The third-order valence-corrected chi connectivity index (χ3v) is 2.46. The molecule has 1 aromatic heterocycles. The van der Waals surface area contributed by atoms with Crippen molar-refractivity contribution in [2.45, 2.75) is 12.5 Å². The number of aliphatic hydroxyl groups excluding tert-OH is 1. The van der Waals surface area contributed by atoms with Crippen LogP contribution < -0.4 is 5.73 Å². The molecule has 0 aliphatic heterocycles. The van der Waals surface area contributed by atoms with Gasteiger partial charge in [-0.2, -0.15) is 5.10 Å². The van der Waals surface area contributed by atoms with Crippen LogP contribution in [-0.2, 0) is 6.42 Å². The van der Waals surface area contributed by atoms with Crippen molar-refractivity contribution in [3.63, 3.8) is 0 Å². The molecule has 1 atom stereocenters. The number of nitrogens with two attached hydrogens (primary N) is 1. The molecule has 0 radical (unpaired) electrons. The van der Waals surface area contributed by atoms with E-state index in [9.17, 15) is 4.39 Å². The molecule has 0 amide bonds. The van der Waals surface area contributed by atoms with Crippen LogP contribution in [0.4, 0.5) is 4.39 Å². The number of benzene rings is 1. The first-order chi connectivity index (χ1) is 8.19. The van der Waals surface area contributed by atoms with Crippen molar-refractivity contribution in [1.82, 2.24) is 9.78 Å². The molecule has 0 spiro atoms. The molecule has 0 bridgehead atoms. The zero-order chi connectivity index (χ0) is 12.3. The Hall–Kier alpha value is -1.72. The van der Waals surface area contributed by atoms with Gasteiger partial charge in [0.2, 0.25) is 0 Å². The van der Waals surface area contributed by atoms with E-state index in [0.29, 0.717) is 6.42 Å². The van der Waals surface area contributed by atoms with Gasteiger partial charge in [-0.1, -0.05) is 0 Å². The maximum Gasteiger partial charge on any atom is 0.123 e. The van der Waals surface area contributed by atoms with E-state index >= 15 is 0 Å². The van der Waals surface area contributed by atoms with Gasteiger partial charge in [0.25, 0.3) is 0 Å². The van der Waals surface area contributed by atoms with Crippen LogP contribution in [0.25, 0.3) is 5.69 Å². The second kappa shape index (κ2) is 5.07. The molecule has 0 aliphatic rings. The molecule has 5 heteroatoms. The van der Waals surface area contributed by atoms with Gasteiger partial charge >= 0.3 is 0 Å². The number of hydrogen-bond acceptors (Lipinski definition) is 3. The van der Waals surface area contributed by atoms with E-state index in [0.717, 1.165) is 11.3 Å². The minimum Gasteiger partial charge on any atom is -0.395 e. The number of aliphatic hydroxyl groups is 1. The predicted octanol–water partition coefficient (Wildman–Crippen LogP) is 0.873. The molecule has 2 aromatic rings. The smallest absolute Gasteiger partial charge is 0.123 e. The average molecular weight is 235 g/mol. The topological polar surface area (TPSA) is 64.1 Å². The van der Waals surface area contributed by atoms with Crippen molar-refractivity contribution in [3.8, 4) is 5.69 Å². The number of nitrogens with zero attached hydrogens (tertiary/aromatic N) is 2. The van der Waals surface area contributed by atoms with Crippen molar-refractivity contribution in [3.05, 3.63) is 48.0 Å². The lowest BCUT2D eigenvalue weighted by atomic mass is 10.1. The number of hydrogen-bond donors (Lipinski definition) is 2. The summed E-state index contributed by atoms with van der Waals surface area (Å²) in [4.78, 5) is 0. The molecule has 2 rings (SSSR count). The van der Waals surface area contributed by atoms with Gasteiger partial charge in [0.1, 0.15) is 5.82 Å². The van der Waals surface area contributed by atoms with Gasteiger partial charge in [-0.05, 0) is 36.2 Å². The molecule has 1 aromatic carbocycles. The Labute approximate surface area is 98.5 Å². The summed E-state index contributed by atoms with van der Waals surface area (Å²) in [5.74, 6) is -0.275. The summed E-state index contributed by atoms with van der Waals surface area (Å²) < 4.78 is 14.4. The fraction of sp³-hybridized carbons (Fsp3) is 0.250. The van der Waals surface area contributed by atoms with E-state index in [-0.39, 0.29) is 18.5 Å². The molecular weight excluding hydrogens is 221 g/mol. The van der Waals surface area contributed by atoms with Gasteiger partial charge < -0.3 is 10.8 Å². The molecule has 1 heterocycles. The van der Waals surface area contributed by atoms with Crippen LogP contribution in [0.3, 0.4) is 0 Å². The quantitative estimate of drug-likeness (QED) is 0.826. The van der Waals surface area contributed by atoms with Crippen LogP contribution in [0.1, 0.15) is 5.56 Å². The summed E-state index contributed by atoms with van der Waals surface area (Å²) in [5, 5.41) is 13.0. The highest BCUT2D eigenvalue weighted by atomic mass is 19.1. The number of aromatic nitrogens is 2. The van der Waals surface area contributed by atoms with Crippen LogP contribution in [0, 0.1) is 5.82 Å². The lowest BCUT2D eigenvalue weighted by Crippen LogP contribution is -2.26. The molecule has 0 aliphatic carbocycles. The molecular formula is C12H14FN3O. The van der Waals surface area contributed by atoms with Gasteiger partial charge in [-0.3, -0.25) is 0 Å². The first kappa shape index (κ1) is 11.8. The van der Waals surface area contributed by atoms with Crippen LogP contribution in [-0.4, -0.2) is 27.5 Å². The van der Waals surface area contributed by atoms with Crippen LogP contribution in [0.5, 0.6) is 0 Å². The highest BCUT2D eigenvalue weighted by molar-refractivity contribution is 5.31. The minimum absolute atomic E-state index is 0.0538. The monoisotopic (exact) mass is 235 g/mol. The summed E-state index contributed by atoms with van der Waals surface area (Å²) >= 11 is 0. The SMILES string of the molecule is NC(CO)Cc1cnn(-c2ccc(F)cc2)c1. The fourth-order valence-corrected chi connectivity index (χ4v) is 1.57. The summed E-state index contributed by atoms with van der Waals surface area (Å²) in [5.41, 5.74) is 7.36. The van der Waals surface area contributed by atoms with Gasteiger partial charge in [0.05, 0.1) is 18.5 Å². The lowest BCUT2D eigenvalue weighted by Gasteiger charge is -2.04. The van der Waals surface area contributed by atoms with Crippen molar-refractivity contribution >= 4 is 0 Å². The molecule has 1 unspecified atom stereocenters. The van der Waals surface area contributed by atoms with E-state index in [1.165, 1.54) is 12.1 Å². The molecule has 3 N–H and O–H groups in total. The van der Waals surface area contributed by atoms with E-state index < -0.39 is 0 Å². The molecule has 90 valence electrons. The Balaban J connectivity index is 2.15. The molecule has 0 saturated carbocycles. The van der Waals surface area contributed by atoms with Gasteiger partial charge in [-0.25, -0.2) is 9.07 Å². The van der Waals surface area contributed by atoms with Crippen LogP contribution >= 0.6 is 0 Å². The van der Waals surface area contributed by atoms with E-state index in [4.69, 9.17) is 10.8 Å². The van der Waals surface area contributed by atoms with Gasteiger partial charge in [0, 0.05) is 12.2 Å². The van der Waals surface area contributed by atoms with E-state index in [1.807, 2.05) is 6.20 Å². The minimum atomic E-state index is -0.277. The lowest BCUT2D eigenvalue weighted by molar-refractivity contribution is 0.265. The molecule has 0 saturated heterocycles. The Bertz CT molecular complexity index is 481. The normalized spacial score (nSPS) is 12.6. The zero-order valence-electron chi connectivity index (χ0n) is 9.25. The van der Waals surface area contributed by atoms with Gasteiger partial charge in [0.15, 0.2) is 0 Å². The second-order valence-corrected chi connectivity index (χ2v) is 3.92. The van der Waals surface area contributed by atoms with Crippen molar-refractivity contribution in [2.75, 3.05) is 6.61 Å². The fourth-order valence-electron chi connectivity index (χ4n) is 1.57. The summed E-state index contributed by atoms with van der Waals surface area (Å²) in [7, 11) is 0. The summed E-state index contributed by atoms with van der Waals surface area (Å²) in [6, 6.07) is 5.79. The highest BCUT2D eigenvalue weighted by Crippen LogP contribution is 2.10. The van der Waals surface area contributed by atoms with E-state index in [1.54, 1.807) is 23.0 Å². The summed E-state index contributed by atoms with van der Waals surface area (Å²) in [6.07, 6.45) is 4.08. The van der Waals surface area contributed by atoms with Crippen LogP contribution in [0.2, 0.25) is 0 Å². The van der Waals surface area contributed by atoms with Crippen molar-refractivity contribution in [2.24, 2.45) is 5.73 Å². The average Bonchev–Trinajstić information content (AvgIpc) is 2.78. The predicted molar refractivity (Wildman–Crippen MR) is 62.3 cm³/mol. The zero-order valence-corrected chi connectivity index (χ0v) is 9.25. The maximum atomic E-state index is 12.8.